The Bertz CT molecular complexity index is 749. The average Bonchev–Trinajstić information content (AvgIpc) is 2.77. The van der Waals surface area contributed by atoms with Crippen molar-refractivity contribution in [3.05, 3.63) is 44.6 Å². The number of anilines is 1. The van der Waals surface area contributed by atoms with Gasteiger partial charge < -0.3 is 10.7 Å². The smallest absolute Gasteiger partial charge is 0.189 e. The molecule has 3 nitrogen and oxygen atoms in total. The third-order valence-corrected chi connectivity index (χ3v) is 8.27. The average molecular weight is 402 g/mol. The molecule has 0 amide bonds. The van der Waals surface area contributed by atoms with Crippen molar-refractivity contribution >= 4 is 81.4 Å². The van der Waals surface area contributed by atoms with Crippen LogP contribution in [0.5, 0.6) is 0 Å². The zero-order valence-corrected chi connectivity index (χ0v) is 16.0. The molecule has 1 aromatic heterocycles. The summed E-state index contributed by atoms with van der Waals surface area (Å²) in [5.41, 5.74) is 8.24. The predicted molar refractivity (Wildman–Crippen MR) is 107 cm³/mol. The maximum absolute atomic E-state index is 5.27. The number of hydrogen-bond acceptors (Lipinski definition) is 7. The van der Waals surface area contributed by atoms with Crippen molar-refractivity contribution in [3.8, 4) is 0 Å². The Morgan fingerprint density at radius 2 is 1.86 bits per heavy atom. The predicted octanol–water partition coefficient (Wildman–Crippen LogP) is 5.07. The van der Waals surface area contributed by atoms with Crippen LogP contribution in [0.2, 0.25) is 0 Å². The van der Waals surface area contributed by atoms with E-state index in [9.17, 15) is 0 Å². The molecular formula is C13H11N3S6. The number of thiocarbonyl (C=S) groups is 1. The molecule has 2 heterocycles. The molecular weight excluding hydrogens is 391 g/mol. The van der Waals surface area contributed by atoms with Gasteiger partial charge in [0.05, 0.1) is 8.42 Å². The minimum Gasteiger partial charge on any atom is -0.331 e. The Balaban J connectivity index is 1.53. The Labute approximate surface area is 155 Å². The molecule has 0 saturated heterocycles. The summed E-state index contributed by atoms with van der Waals surface area (Å²) in [7, 11) is 0. The molecule has 2 aromatic rings. The van der Waals surface area contributed by atoms with E-state index in [1.807, 2.05) is 30.3 Å². The highest BCUT2D eigenvalue weighted by atomic mass is 32.2. The summed E-state index contributed by atoms with van der Waals surface area (Å²) in [4.78, 5) is 0. The van der Waals surface area contributed by atoms with E-state index in [2.05, 4.69) is 21.6 Å². The summed E-state index contributed by atoms with van der Waals surface area (Å²) >= 11 is 17.4. The van der Waals surface area contributed by atoms with Crippen LogP contribution in [0.3, 0.4) is 0 Å². The number of nitrogens with one attached hydrogen (secondary N) is 3. The molecule has 3 rings (SSSR count). The standard InChI is InChI=1S/C13H11N3S6/c17-12(14-8-4-2-1-3-5-8)16-15-9-6-19-10-11(20-7-9)22-13(18)21-10/h1-6,15H,7H2,(H2,14,16,17). The minimum absolute atomic E-state index is 0.539. The molecule has 22 heavy (non-hydrogen) atoms. The van der Waals surface area contributed by atoms with Crippen LogP contribution in [-0.4, -0.2) is 10.9 Å². The lowest BCUT2D eigenvalue weighted by atomic mass is 10.3. The van der Waals surface area contributed by atoms with Gasteiger partial charge in [-0.3, -0.25) is 5.43 Å². The first-order valence-electron chi connectivity index (χ1n) is 6.21. The Morgan fingerprint density at radius 1 is 1.09 bits per heavy atom. The van der Waals surface area contributed by atoms with E-state index in [0.29, 0.717) is 5.11 Å². The van der Waals surface area contributed by atoms with Crippen LogP contribution in [-0.2, 0) is 0 Å². The molecule has 0 fully saturated rings. The molecule has 3 N–H and O–H groups in total. The van der Waals surface area contributed by atoms with E-state index in [4.69, 9.17) is 24.4 Å². The van der Waals surface area contributed by atoms with E-state index >= 15 is 0 Å². The van der Waals surface area contributed by atoms with Gasteiger partial charge in [0.1, 0.15) is 3.14 Å². The Hall–Kier alpha value is -0.580. The monoisotopic (exact) mass is 401 g/mol. The highest BCUT2D eigenvalue weighted by Crippen LogP contribution is 2.43. The molecule has 0 saturated carbocycles. The summed E-state index contributed by atoms with van der Waals surface area (Å²) in [5.74, 6) is 0.864. The molecule has 0 atom stereocenters. The maximum Gasteiger partial charge on any atom is 0.189 e. The maximum atomic E-state index is 5.27. The molecule has 0 aliphatic carbocycles. The second-order valence-electron chi connectivity index (χ2n) is 4.15. The minimum atomic E-state index is 0.539. The molecule has 1 aromatic carbocycles. The van der Waals surface area contributed by atoms with Crippen LogP contribution in [0.4, 0.5) is 5.69 Å². The van der Waals surface area contributed by atoms with Gasteiger partial charge in [0.2, 0.25) is 0 Å². The molecule has 9 heteroatoms. The van der Waals surface area contributed by atoms with Crippen LogP contribution in [0.1, 0.15) is 0 Å². The quantitative estimate of drug-likeness (QED) is 0.489. The summed E-state index contributed by atoms with van der Waals surface area (Å²) < 4.78 is 3.57. The number of hydrogen-bond donors (Lipinski definition) is 3. The number of thioether (sulfide) groups is 2. The first-order chi connectivity index (χ1) is 10.7. The second kappa shape index (κ2) is 7.80. The fraction of sp³-hybridized carbons (Fsp3) is 0.0769. The zero-order valence-electron chi connectivity index (χ0n) is 11.1. The second-order valence-corrected chi connectivity index (χ2v) is 10.2. The molecule has 114 valence electrons. The van der Waals surface area contributed by atoms with Gasteiger partial charge in [-0.25, -0.2) is 0 Å². The largest absolute Gasteiger partial charge is 0.331 e. The Morgan fingerprint density at radius 3 is 2.68 bits per heavy atom. The van der Waals surface area contributed by atoms with Crippen LogP contribution < -0.4 is 16.2 Å². The SMILES string of the molecule is S=C(NNC1=CSc2sc(=S)sc2SC1)Nc1ccccc1. The topological polar surface area (TPSA) is 36.1 Å². The summed E-state index contributed by atoms with van der Waals surface area (Å²) in [6, 6.07) is 9.84. The number of rotatable bonds is 3. The lowest BCUT2D eigenvalue weighted by Gasteiger charge is -2.13. The number of hydrazine groups is 1. The van der Waals surface area contributed by atoms with E-state index in [1.54, 1.807) is 46.2 Å². The number of para-hydroxylation sites is 1. The highest BCUT2D eigenvalue weighted by Gasteiger charge is 2.13. The third kappa shape index (κ3) is 4.46. The van der Waals surface area contributed by atoms with E-state index in [-0.39, 0.29) is 0 Å². The van der Waals surface area contributed by atoms with Crippen LogP contribution >= 0.6 is 70.6 Å². The third-order valence-electron chi connectivity index (χ3n) is 2.55. The molecule has 0 bridgehead atoms. The lowest BCUT2D eigenvalue weighted by molar-refractivity contribution is 0.778. The zero-order chi connectivity index (χ0) is 15.4. The van der Waals surface area contributed by atoms with Crippen molar-refractivity contribution in [3.63, 3.8) is 0 Å². The van der Waals surface area contributed by atoms with Gasteiger partial charge in [-0.1, -0.05) is 42.2 Å². The molecule has 1 aliphatic heterocycles. The first kappa shape index (κ1) is 16.3. The first-order valence-corrected chi connectivity index (χ1v) is 10.5. The van der Waals surface area contributed by atoms with Gasteiger partial charge in [0, 0.05) is 17.1 Å². The van der Waals surface area contributed by atoms with E-state index in [1.165, 1.54) is 8.42 Å². The van der Waals surface area contributed by atoms with Gasteiger partial charge in [-0.05, 0) is 29.8 Å². The van der Waals surface area contributed by atoms with Crippen molar-refractivity contribution in [2.75, 3.05) is 11.1 Å². The molecule has 0 unspecified atom stereocenters. The van der Waals surface area contributed by atoms with Crippen molar-refractivity contribution in [2.45, 2.75) is 8.42 Å². The van der Waals surface area contributed by atoms with Gasteiger partial charge in [-0.15, -0.1) is 34.4 Å². The summed E-state index contributed by atoms with van der Waals surface area (Å²) in [5, 5.41) is 5.77. The van der Waals surface area contributed by atoms with Crippen LogP contribution in [0.15, 0.2) is 49.9 Å². The van der Waals surface area contributed by atoms with Crippen molar-refractivity contribution < 1.29 is 0 Å². The fourth-order valence-electron chi connectivity index (χ4n) is 1.60. The van der Waals surface area contributed by atoms with Crippen molar-refractivity contribution in [1.29, 1.82) is 0 Å². The highest BCUT2D eigenvalue weighted by molar-refractivity contribution is 8.07. The summed E-state index contributed by atoms with van der Waals surface area (Å²) in [6.45, 7) is 0. The van der Waals surface area contributed by atoms with Crippen LogP contribution in [0.25, 0.3) is 0 Å². The van der Waals surface area contributed by atoms with E-state index in [0.717, 1.165) is 20.3 Å². The van der Waals surface area contributed by atoms with E-state index < -0.39 is 0 Å². The molecule has 0 spiro atoms. The fourth-order valence-corrected chi connectivity index (χ4v) is 7.59. The number of benzene rings is 1. The Kier molecular flexibility index (Phi) is 5.77. The van der Waals surface area contributed by atoms with Crippen molar-refractivity contribution in [1.82, 2.24) is 10.9 Å². The van der Waals surface area contributed by atoms with Gasteiger partial charge in [-0.2, -0.15) is 0 Å². The lowest BCUT2D eigenvalue weighted by Crippen LogP contribution is -2.40. The van der Waals surface area contributed by atoms with Gasteiger partial charge in [0.25, 0.3) is 0 Å². The number of fused-ring (bicyclic) bond motifs is 1. The van der Waals surface area contributed by atoms with Gasteiger partial charge in [0.15, 0.2) is 5.11 Å². The normalized spacial score (nSPS) is 13.5. The van der Waals surface area contributed by atoms with Gasteiger partial charge >= 0.3 is 0 Å². The molecule has 0 radical (unpaired) electrons. The summed E-state index contributed by atoms with van der Waals surface area (Å²) in [6.07, 6.45) is 0. The van der Waals surface area contributed by atoms with Crippen LogP contribution in [0, 0.1) is 3.14 Å². The van der Waals surface area contributed by atoms with Crippen molar-refractivity contribution in [2.24, 2.45) is 0 Å². The molecule has 1 aliphatic rings.